The van der Waals surface area contributed by atoms with Crippen LogP contribution in [0, 0.1) is 11.6 Å². The van der Waals surface area contributed by atoms with Gasteiger partial charge in [0.05, 0.1) is 0 Å². The lowest BCUT2D eigenvalue weighted by atomic mass is 10.2. The van der Waals surface area contributed by atoms with Gasteiger partial charge >= 0.3 is 0 Å². The van der Waals surface area contributed by atoms with E-state index in [1.165, 1.54) is 6.07 Å². The highest BCUT2D eigenvalue weighted by Crippen LogP contribution is 2.21. The Morgan fingerprint density at radius 2 is 2.05 bits per heavy atom. The van der Waals surface area contributed by atoms with Crippen LogP contribution in [0.3, 0.4) is 0 Å². The van der Waals surface area contributed by atoms with E-state index in [4.69, 9.17) is 4.74 Å². The zero-order valence-corrected chi connectivity index (χ0v) is 11.8. The lowest BCUT2D eigenvalue weighted by molar-refractivity contribution is 0.0954. The summed E-state index contributed by atoms with van der Waals surface area (Å²) in [5.74, 6) is -1.53. The van der Waals surface area contributed by atoms with Gasteiger partial charge < -0.3 is 10.1 Å². The van der Waals surface area contributed by atoms with Crippen molar-refractivity contribution in [1.82, 2.24) is 5.32 Å². The number of thioether (sulfide) groups is 1. The molecule has 2 rings (SSSR count). The van der Waals surface area contributed by atoms with E-state index in [1.807, 2.05) is 11.8 Å². The van der Waals surface area contributed by atoms with Gasteiger partial charge in [0.1, 0.15) is 0 Å². The Bertz CT molecular complexity index is 464. The van der Waals surface area contributed by atoms with Crippen LogP contribution in [0.4, 0.5) is 8.78 Å². The van der Waals surface area contributed by atoms with Crippen molar-refractivity contribution < 1.29 is 18.3 Å². The third-order valence-electron chi connectivity index (χ3n) is 3.09. The molecule has 1 N–H and O–H groups in total. The molecule has 110 valence electrons. The van der Waals surface area contributed by atoms with Gasteiger partial charge in [-0.15, -0.1) is 0 Å². The first-order chi connectivity index (χ1) is 9.66. The molecule has 0 saturated carbocycles. The van der Waals surface area contributed by atoms with Crippen LogP contribution in [-0.2, 0) is 4.74 Å². The summed E-state index contributed by atoms with van der Waals surface area (Å²) in [5, 5.41) is 3.29. The summed E-state index contributed by atoms with van der Waals surface area (Å²) in [6.45, 7) is 2.12. The first-order valence-electron chi connectivity index (χ1n) is 6.59. The molecule has 20 heavy (non-hydrogen) atoms. The topological polar surface area (TPSA) is 38.3 Å². The van der Waals surface area contributed by atoms with Crippen LogP contribution in [0.2, 0.25) is 0 Å². The molecule has 6 heteroatoms. The monoisotopic (exact) mass is 301 g/mol. The summed E-state index contributed by atoms with van der Waals surface area (Å²) in [7, 11) is 0. The second kappa shape index (κ2) is 7.59. The fraction of sp³-hybridized carbons (Fsp3) is 0.500. The first kappa shape index (κ1) is 15.3. The van der Waals surface area contributed by atoms with Gasteiger partial charge in [-0.05, 0) is 31.0 Å². The normalized spacial score (nSPS) is 16.1. The number of rotatable bonds is 5. The first-order valence-corrected chi connectivity index (χ1v) is 7.64. The minimum absolute atomic E-state index is 0.139. The van der Waals surface area contributed by atoms with Crippen LogP contribution in [0.25, 0.3) is 0 Å². The molecule has 0 spiro atoms. The number of ether oxygens (including phenoxy) is 1. The fourth-order valence-electron chi connectivity index (χ4n) is 1.97. The maximum Gasteiger partial charge on any atom is 0.251 e. The average Bonchev–Trinajstić information content (AvgIpc) is 2.47. The number of amides is 1. The molecule has 1 saturated heterocycles. The van der Waals surface area contributed by atoms with E-state index in [-0.39, 0.29) is 11.5 Å². The highest BCUT2D eigenvalue weighted by atomic mass is 32.2. The van der Waals surface area contributed by atoms with Crippen molar-refractivity contribution in [2.75, 3.05) is 25.5 Å². The molecule has 1 amide bonds. The van der Waals surface area contributed by atoms with Gasteiger partial charge in [0.2, 0.25) is 0 Å². The third kappa shape index (κ3) is 4.45. The summed E-state index contributed by atoms with van der Waals surface area (Å²) in [5.41, 5.74) is 0.139. The van der Waals surface area contributed by atoms with Gasteiger partial charge in [0.15, 0.2) is 11.6 Å². The number of hydrogen-bond donors (Lipinski definition) is 1. The van der Waals surface area contributed by atoms with Gasteiger partial charge in [0, 0.05) is 36.3 Å². The van der Waals surface area contributed by atoms with Crippen LogP contribution in [0.1, 0.15) is 23.2 Å². The summed E-state index contributed by atoms with van der Waals surface area (Å²) >= 11 is 1.81. The molecule has 0 unspecified atom stereocenters. The van der Waals surface area contributed by atoms with Crippen LogP contribution in [0.5, 0.6) is 0 Å². The highest BCUT2D eigenvalue weighted by Gasteiger charge is 2.14. The van der Waals surface area contributed by atoms with E-state index < -0.39 is 11.6 Å². The van der Waals surface area contributed by atoms with E-state index >= 15 is 0 Å². The molecule has 0 atom stereocenters. The van der Waals surface area contributed by atoms with Gasteiger partial charge in [-0.2, -0.15) is 11.8 Å². The predicted molar refractivity (Wildman–Crippen MR) is 75.0 cm³/mol. The molecule has 0 radical (unpaired) electrons. The van der Waals surface area contributed by atoms with E-state index in [2.05, 4.69) is 5.32 Å². The molecule has 3 nitrogen and oxygen atoms in total. The van der Waals surface area contributed by atoms with Crippen LogP contribution in [0.15, 0.2) is 18.2 Å². The molecule has 1 aliphatic heterocycles. The molecular weight excluding hydrogens is 284 g/mol. The molecule has 0 aliphatic carbocycles. The van der Waals surface area contributed by atoms with Crippen molar-refractivity contribution in [3.05, 3.63) is 35.4 Å². The standard InChI is InChI=1S/C14H17F2NO2S/c15-12-2-1-10(9-13(12)16)14(18)17-5-8-20-11-3-6-19-7-4-11/h1-2,9,11H,3-8H2,(H,17,18). The van der Waals surface area contributed by atoms with E-state index in [0.29, 0.717) is 11.8 Å². The summed E-state index contributed by atoms with van der Waals surface area (Å²) in [6.07, 6.45) is 2.09. The smallest absolute Gasteiger partial charge is 0.251 e. The second-order valence-corrected chi connectivity index (χ2v) is 5.98. The summed E-state index contributed by atoms with van der Waals surface area (Å²) < 4.78 is 31.0. The summed E-state index contributed by atoms with van der Waals surface area (Å²) in [4.78, 5) is 11.7. The van der Waals surface area contributed by atoms with Crippen molar-refractivity contribution in [2.24, 2.45) is 0 Å². The van der Waals surface area contributed by atoms with E-state index in [1.54, 1.807) is 0 Å². The molecule has 1 heterocycles. The summed E-state index contributed by atoms with van der Waals surface area (Å²) in [6, 6.07) is 3.15. The number of nitrogens with one attached hydrogen (secondary N) is 1. The Labute approximate surface area is 121 Å². The highest BCUT2D eigenvalue weighted by molar-refractivity contribution is 7.99. The Morgan fingerprint density at radius 3 is 2.75 bits per heavy atom. The lowest BCUT2D eigenvalue weighted by Gasteiger charge is -2.21. The quantitative estimate of drug-likeness (QED) is 0.850. The number of carbonyl (C=O) groups is 1. The number of halogens is 2. The van der Waals surface area contributed by atoms with Gasteiger partial charge in [0.25, 0.3) is 5.91 Å². The van der Waals surface area contributed by atoms with E-state index in [9.17, 15) is 13.6 Å². The average molecular weight is 301 g/mol. The lowest BCUT2D eigenvalue weighted by Crippen LogP contribution is -2.27. The van der Waals surface area contributed by atoms with Crippen molar-refractivity contribution in [1.29, 1.82) is 0 Å². The SMILES string of the molecule is O=C(NCCSC1CCOCC1)c1ccc(F)c(F)c1. The Balaban J connectivity index is 1.70. The van der Waals surface area contributed by atoms with Gasteiger partial charge in [-0.1, -0.05) is 0 Å². The van der Waals surface area contributed by atoms with Crippen LogP contribution < -0.4 is 5.32 Å². The predicted octanol–water partition coefficient (Wildman–Crippen LogP) is 2.61. The largest absolute Gasteiger partial charge is 0.381 e. The van der Waals surface area contributed by atoms with Crippen molar-refractivity contribution >= 4 is 17.7 Å². The molecular formula is C14H17F2NO2S. The third-order valence-corrected chi connectivity index (χ3v) is 4.47. The van der Waals surface area contributed by atoms with Gasteiger partial charge in [-0.3, -0.25) is 4.79 Å². The number of carbonyl (C=O) groups excluding carboxylic acids is 1. The number of hydrogen-bond acceptors (Lipinski definition) is 3. The van der Waals surface area contributed by atoms with Crippen molar-refractivity contribution in [2.45, 2.75) is 18.1 Å². The van der Waals surface area contributed by atoms with Crippen LogP contribution >= 0.6 is 11.8 Å². The molecule has 1 aromatic carbocycles. The van der Waals surface area contributed by atoms with Crippen LogP contribution in [-0.4, -0.2) is 36.7 Å². The fourth-order valence-corrected chi connectivity index (χ4v) is 3.05. The Hall–Kier alpha value is -1.14. The Morgan fingerprint density at radius 1 is 1.30 bits per heavy atom. The molecule has 1 fully saturated rings. The minimum Gasteiger partial charge on any atom is -0.381 e. The zero-order valence-electron chi connectivity index (χ0n) is 11.0. The van der Waals surface area contributed by atoms with Gasteiger partial charge in [-0.25, -0.2) is 8.78 Å². The number of benzene rings is 1. The minimum atomic E-state index is -1.01. The maximum absolute atomic E-state index is 13.0. The second-order valence-electron chi connectivity index (χ2n) is 4.57. The molecule has 0 aromatic heterocycles. The molecule has 0 bridgehead atoms. The van der Waals surface area contributed by atoms with Crippen molar-refractivity contribution in [3.8, 4) is 0 Å². The maximum atomic E-state index is 13.0. The Kier molecular flexibility index (Phi) is 5.79. The zero-order chi connectivity index (χ0) is 14.4. The molecule has 1 aromatic rings. The van der Waals surface area contributed by atoms with Crippen molar-refractivity contribution in [3.63, 3.8) is 0 Å². The molecule has 1 aliphatic rings. The van der Waals surface area contributed by atoms with E-state index in [0.717, 1.165) is 43.9 Å².